The van der Waals surface area contributed by atoms with Gasteiger partial charge in [0, 0.05) is 17.6 Å². The summed E-state index contributed by atoms with van der Waals surface area (Å²) < 4.78 is 0.923. The molecule has 0 saturated carbocycles. The van der Waals surface area contributed by atoms with Crippen molar-refractivity contribution in [2.75, 3.05) is 13.1 Å². The number of benzene rings is 1. The zero-order valence-electron chi connectivity index (χ0n) is 8.19. The number of carboxylic acids is 1. The Bertz CT molecular complexity index is 377. The number of likely N-dealkylation sites (tertiary alicyclic amines) is 1. The van der Waals surface area contributed by atoms with Crippen LogP contribution in [0.5, 0.6) is 0 Å². The van der Waals surface area contributed by atoms with Gasteiger partial charge in [0.25, 0.3) is 0 Å². The van der Waals surface area contributed by atoms with Crippen molar-refractivity contribution in [2.45, 2.75) is 12.5 Å². The first kappa shape index (κ1) is 10.6. The Morgan fingerprint density at radius 3 is 2.67 bits per heavy atom. The van der Waals surface area contributed by atoms with Crippen molar-refractivity contribution in [1.82, 2.24) is 4.90 Å². The lowest BCUT2D eigenvalue weighted by Crippen LogP contribution is -2.43. The van der Waals surface area contributed by atoms with Crippen molar-refractivity contribution in [3.63, 3.8) is 0 Å². The van der Waals surface area contributed by atoms with Gasteiger partial charge in [-0.2, -0.15) is 0 Å². The maximum absolute atomic E-state index is 11.2. The Kier molecular flexibility index (Phi) is 3.07. The molecule has 0 aromatic heterocycles. The molecule has 0 unspecified atom stereocenters. The van der Waals surface area contributed by atoms with E-state index in [2.05, 4.69) is 15.9 Å². The van der Waals surface area contributed by atoms with Gasteiger partial charge in [-0.1, -0.05) is 28.1 Å². The van der Waals surface area contributed by atoms with Gasteiger partial charge in [-0.3, -0.25) is 9.69 Å². The molecule has 1 aliphatic heterocycles. The molecular formula is C11H12BrNO2. The standard InChI is InChI=1S/C11H12BrNO2/c12-9-4-1-3-8(7-9)10(11(14)15)13-5-2-6-13/h1,3-4,7,10H,2,5-6H2,(H,14,15)/t10-/m0/s1. The Morgan fingerprint density at radius 1 is 1.47 bits per heavy atom. The summed E-state index contributed by atoms with van der Waals surface area (Å²) in [6.45, 7) is 1.76. The van der Waals surface area contributed by atoms with E-state index in [0.29, 0.717) is 0 Å². The molecule has 3 nitrogen and oxygen atoms in total. The molecule has 0 spiro atoms. The molecule has 0 aliphatic carbocycles. The summed E-state index contributed by atoms with van der Waals surface area (Å²) in [5, 5.41) is 9.20. The van der Waals surface area contributed by atoms with Gasteiger partial charge in [0.2, 0.25) is 0 Å². The molecule has 1 aromatic carbocycles. The van der Waals surface area contributed by atoms with Gasteiger partial charge in [-0.05, 0) is 24.1 Å². The smallest absolute Gasteiger partial charge is 0.325 e. The Hall–Kier alpha value is -0.870. The minimum atomic E-state index is -0.771. The van der Waals surface area contributed by atoms with Crippen molar-refractivity contribution < 1.29 is 9.90 Å². The lowest BCUT2D eigenvalue weighted by atomic mass is 10.0. The van der Waals surface area contributed by atoms with E-state index in [9.17, 15) is 9.90 Å². The molecule has 4 heteroatoms. The predicted molar refractivity (Wildman–Crippen MR) is 60.7 cm³/mol. The average molecular weight is 270 g/mol. The van der Waals surface area contributed by atoms with Crippen LogP contribution in [0.2, 0.25) is 0 Å². The predicted octanol–water partition coefficient (Wildman–Crippen LogP) is 2.28. The highest BCUT2D eigenvalue weighted by molar-refractivity contribution is 9.10. The van der Waals surface area contributed by atoms with E-state index in [1.165, 1.54) is 0 Å². The SMILES string of the molecule is O=C(O)[C@H](c1cccc(Br)c1)N1CCC1. The highest BCUT2D eigenvalue weighted by Gasteiger charge is 2.30. The van der Waals surface area contributed by atoms with Crippen LogP contribution in [0.4, 0.5) is 0 Å². The summed E-state index contributed by atoms with van der Waals surface area (Å²) in [7, 11) is 0. The molecule has 1 N–H and O–H groups in total. The topological polar surface area (TPSA) is 40.5 Å². The third-order valence-electron chi connectivity index (χ3n) is 2.65. The number of hydrogen-bond acceptors (Lipinski definition) is 2. The summed E-state index contributed by atoms with van der Waals surface area (Å²) in [5.74, 6) is -0.771. The van der Waals surface area contributed by atoms with E-state index in [1.807, 2.05) is 29.2 Å². The number of nitrogens with zero attached hydrogens (tertiary/aromatic N) is 1. The molecule has 1 aromatic rings. The van der Waals surface area contributed by atoms with Crippen LogP contribution in [0.3, 0.4) is 0 Å². The molecule has 1 saturated heterocycles. The molecule has 0 bridgehead atoms. The summed E-state index contributed by atoms with van der Waals surface area (Å²) in [6.07, 6.45) is 1.10. The third-order valence-corrected chi connectivity index (χ3v) is 3.15. The van der Waals surface area contributed by atoms with Crippen LogP contribution in [0.1, 0.15) is 18.0 Å². The third kappa shape index (κ3) is 2.21. The van der Waals surface area contributed by atoms with Gasteiger partial charge in [0.05, 0.1) is 0 Å². The van der Waals surface area contributed by atoms with E-state index in [0.717, 1.165) is 29.5 Å². The molecule has 80 valence electrons. The number of rotatable bonds is 3. The second-order valence-electron chi connectivity index (χ2n) is 3.69. The minimum absolute atomic E-state index is 0.490. The summed E-state index contributed by atoms with van der Waals surface area (Å²) in [6, 6.07) is 7.02. The average Bonchev–Trinajstić information content (AvgIpc) is 2.10. The van der Waals surface area contributed by atoms with Gasteiger partial charge in [-0.15, -0.1) is 0 Å². The first-order valence-corrected chi connectivity index (χ1v) is 5.70. The molecular weight excluding hydrogens is 258 g/mol. The fourth-order valence-corrected chi connectivity index (χ4v) is 2.20. The van der Waals surface area contributed by atoms with Gasteiger partial charge in [0.15, 0.2) is 0 Å². The fourth-order valence-electron chi connectivity index (χ4n) is 1.79. The Balaban J connectivity index is 2.27. The number of carbonyl (C=O) groups is 1. The van der Waals surface area contributed by atoms with Crippen LogP contribution < -0.4 is 0 Å². The first-order valence-electron chi connectivity index (χ1n) is 4.91. The van der Waals surface area contributed by atoms with E-state index < -0.39 is 12.0 Å². The highest BCUT2D eigenvalue weighted by Crippen LogP contribution is 2.27. The zero-order valence-corrected chi connectivity index (χ0v) is 9.77. The zero-order chi connectivity index (χ0) is 10.8. The largest absolute Gasteiger partial charge is 0.480 e. The van der Waals surface area contributed by atoms with Crippen molar-refractivity contribution in [1.29, 1.82) is 0 Å². The lowest BCUT2D eigenvalue weighted by molar-refractivity contribution is -0.145. The fraction of sp³-hybridized carbons (Fsp3) is 0.364. The lowest BCUT2D eigenvalue weighted by Gasteiger charge is -2.36. The van der Waals surface area contributed by atoms with Crippen molar-refractivity contribution in [3.8, 4) is 0 Å². The maximum Gasteiger partial charge on any atom is 0.325 e. The molecule has 2 rings (SSSR count). The molecule has 1 fully saturated rings. The van der Waals surface area contributed by atoms with Gasteiger partial charge in [0.1, 0.15) is 6.04 Å². The highest BCUT2D eigenvalue weighted by atomic mass is 79.9. The molecule has 1 heterocycles. The first-order chi connectivity index (χ1) is 7.18. The van der Waals surface area contributed by atoms with Gasteiger partial charge in [-0.25, -0.2) is 0 Å². The van der Waals surface area contributed by atoms with Crippen LogP contribution in [0.25, 0.3) is 0 Å². The quantitative estimate of drug-likeness (QED) is 0.916. The molecule has 1 atom stereocenters. The van der Waals surface area contributed by atoms with Gasteiger partial charge >= 0.3 is 5.97 Å². The van der Waals surface area contributed by atoms with Crippen LogP contribution in [-0.4, -0.2) is 29.1 Å². The monoisotopic (exact) mass is 269 g/mol. The second-order valence-corrected chi connectivity index (χ2v) is 4.60. The van der Waals surface area contributed by atoms with Gasteiger partial charge < -0.3 is 5.11 Å². The minimum Gasteiger partial charge on any atom is -0.480 e. The van der Waals surface area contributed by atoms with E-state index in [1.54, 1.807) is 0 Å². The number of aliphatic carboxylic acids is 1. The second kappa shape index (κ2) is 4.33. The number of halogens is 1. The molecule has 1 aliphatic rings. The van der Waals surface area contributed by atoms with Crippen LogP contribution >= 0.6 is 15.9 Å². The maximum atomic E-state index is 11.2. The van der Waals surface area contributed by atoms with E-state index in [-0.39, 0.29) is 0 Å². The number of carboxylic acid groups (broad SMARTS) is 1. The molecule has 0 radical (unpaired) electrons. The van der Waals surface area contributed by atoms with Crippen molar-refractivity contribution in [3.05, 3.63) is 34.3 Å². The van der Waals surface area contributed by atoms with Crippen molar-refractivity contribution in [2.24, 2.45) is 0 Å². The molecule has 15 heavy (non-hydrogen) atoms. The Morgan fingerprint density at radius 2 is 2.20 bits per heavy atom. The van der Waals surface area contributed by atoms with Crippen LogP contribution in [-0.2, 0) is 4.79 Å². The van der Waals surface area contributed by atoms with Crippen molar-refractivity contribution >= 4 is 21.9 Å². The van der Waals surface area contributed by atoms with E-state index >= 15 is 0 Å². The molecule has 0 amide bonds. The number of hydrogen-bond donors (Lipinski definition) is 1. The normalized spacial score (nSPS) is 18.2. The van der Waals surface area contributed by atoms with E-state index in [4.69, 9.17) is 0 Å². The van der Waals surface area contributed by atoms with Crippen LogP contribution in [0, 0.1) is 0 Å². The summed E-state index contributed by atoms with van der Waals surface area (Å²) in [5.41, 5.74) is 0.844. The Labute approximate surface area is 96.8 Å². The summed E-state index contributed by atoms with van der Waals surface area (Å²) >= 11 is 3.36. The van der Waals surface area contributed by atoms with Crippen LogP contribution in [0.15, 0.2) is 28.7 Å². The summed E-state index contributed by atoms with van der Waals surface area (Å²) in [4.78, 5) is 13.2.